The van der Waals surface area contributed by atoms with Gasteiger partial charge in [0, 0.05) is 19.9 Å². The van der Waals surface area contributed by atoms with Crippen LogP contribution in [0.25, 0.3) is 0 Å². The van der Waals surface area contributed by atoms with Crippen molar-refractivity contribution < 1.29 is 27.4 Å². The molecular weight excluding hydrogens is 365 g/mol. The third-order valence-corrected chi connectivity index (χ3v) is 5.01. The van der Waals surface area contributed by atoms with E-state index in [4.69, 9.17) is 9.47 Å². The van der Waals surface area contributed by atoms with Crippen LogP contribution >= 0.6 is 0 Å². The minimum atomic E-state index is -4.52. The third kappa shape index (κ3) is 4.49. The Morgan fingerprint density at radius 1 is 1.48 bits per heavy atom. The molecule has 0 radical (unpaired) electrons. The second kappa shape index (κ2) is 7.97. The fourth-order valence-electron chi connectivity index (χ4n) is 3.78. The van der Waals surface area contributed by atoms with Gasteiger partial charge in [-0.15, -0.1) is 0 Å². The highest BCUT2D eigenvalue weighted by atomic mass is 19.4. The van der Waals surface area contributed by atoms with Crippen LogP contribution in [-0.2, 0) is 20.4 Å². The van der Waals surface area contributed by atoms with E-state index in [0.29, 0.717) is 26.1 Å². The summed E-state index contributed by atoms with van der Waals surface area (Å²) in [6.45, 7) is 0.997. The van der Waals surface area contributed by atoms with Crippen molar-refractivity contribution in [2.75, 3.05) is 38.3 Å². The highest BCUT2D eigenvalue weighted by Crippen LogP contribution is 2.36. The molecule has 3 rings (SSSR count). The quantitative estimate of drug-likeness (QED) is 0.847. The maximum Gasteiger partial charge on any atom is 0.433 e. The molecule has 2 fully saturated rings. The Balaban J connectivity index is 1.80. The molecule has 1 aliphatic carbocycles. The van der Waals surface area contributed by atoms with Crippen molar-refractivity contribution in [1.82, 2.24) is 15.3 Å². The number of anilines is 1. The third-order valence-electron chi connectivity index (χ3n) is 5.01. The van der Waals surface area contributed by atoms with E-state index >= 15 is 0 Å². The Hall–Kier alpha value is -1.94. The van der Waals surface area contributed by atoms with E-state index in [1.165, 1.54) is 7.11 Å². The van der Waals surface area contributed by atoms with E-state index in [2.05, 4.69) is 15.3 Å². The van der Waals surface area contributed by atoms with Crippen LogP contribution in [-0.4, -0.2) is 60.9 Å². The summed E-state index contributed by atoms with van der Waals surface area (Å²) in [5, 5.41) is 2.95. The van der Waals surface area contributed by atoms with Crippen LogP contribution < -0.4 is 10.2 Å². The number of aromatic nitrogens is 2. The van der Waals surface area contributed by atoms with Gasteiger partial charge in [0.2, 0.25) is 11.9 Å². The summed E-state index contributed by atoms with van der Waals surface area (Å²) in [7, 11) is 1.44. The van der Waals surface area contributed by atoms with Crippen LogP contribution in [0.2, 0.25) is 0 Å². The largest absolute Gasteiger partial charge is 0.433 e. The van der Waals surface area contributed by atoms with Gasteiger partial charge in [-0.05, 0) is 18.9 Å². The molecule has 2 atom stereocenters. The Labute approximate surface area is 155 Å². The molecular formula is C17H23F3N4O3. The first-order valence-electron chi connectivity index (χ1n) is 8.91. The number of halogens is 3. The number of ether oxygens (including phenoxy) is 2. The van der Waals surface area contributed by atoms with Gasteiger partial charge in [-0.25, -0.2) is 9.97 Å². The van der Waals surface area contributed by atoms with Crippen molar-refractivity contribution in [2.24, 2.45) is 0 Å². The zero-order valence-electron chi connectivity index (χ0n) is 15.1. The van der Waals surface area contributed by atoms with E-state index < -0.39 is 17.5 Å². The minimum Gasteiger partial charge on any atom is -0.375 e. The van der Waals surface area contributed by atoms with Gasteiger partial charge in [-0.1, -0.05) is 12.8 Å². The molecule has 150 valence electrons. The van der Waals surface area contributed by atoms with Gasteiger partial charge < -0.3 is 19.7 Å². The molecule has 27 heavy (non-hydrogen) atoms. The first kappa shape index (κ1) is 19.8. The Kier molecular flexibility index (Phi) is 5.85. The van der Waals surface area contributed by atoms with Gasteiger partial charge in [0.15, 0.2) is 0 Å². The number of hydrogen-bond acceptors (Lipinski definition) is 6. The maximum atomic E-state index is 13.0. The molecule has 1 saturated heterocycles. The summed E-state index contributed by atoms with van der Waals surface area (Å²) in [5.41, 5.74) is -1.64. The Bertz CT molecular complexity index is 669. The van der Waals surface area contributed by atoms with Crippen molar-refractivity contribution in [1.29, 1.82) is 0 Å². The fraction of sp³-hybridized carbons (Fsp3) is 0.706. The van der Waals surface area contributed by atoms with Gasteiger partial charge in [0.05, 0.1) is 19.2 Å². The standard InChI is InChI=1S/C17H23F3N4O3/c1-26-10-14(25)22-12-4-2-3-6-16(12)11-24(8-9-27-16)15-21-7-5-13(23-15)17(18,19)20/h5,7,12H,2-4,6,8-11H2,1H3,(H,22,25)/t12-,16-/m0/s1. The van der Waals surface area contributed by atoms with E-state index in [1.54, 1.807) is 4.90 Å². The summed E-state index contributed by atoms with van der Waals surface area (Å²) < 4.78 is 49.8. The molecule has 1 N–H and O–H groups in total. The fourth-order valence-corrected chi connectivity index (χ4v) is 3.78. The summed E-state index contributed by atoms with van der Waals surface area (Å²) in [4.78, 5) is 21.4. The zero-order valence-corrected chi connectivity index (χ0v) is 15.1. The lowest BCUT2D eigenvalue weighted by Gasteiger charge is -2.49. The van der Waals surface area contributed by atoms with Crippen LogP contribution in [0.5, 0.6) is 0 Å². The van der Waals surface area contributed by atoms with Crippen molar-refractivity contribution >= 4 is 11.9 Å². The van der Waals surface area contributed by atoms with Crippen molar-refractivity contribution in [2.45, 2.75) is 43.5 Å². The number of carbonyl (C=O) groups excluding carboxylic acids is 1. The van der Waals surface area contributed by atoms with Gasteiger partial charge in [-0.2, -0.15) is 13.2 Å². The molecule has 2 heterocycles. The molecule has 10 heteroatoms. The number of alkyl halides is 3. The molecule has 1 aromatic heterocycles. The zero-order chi connectivity index (χ0) is 19.5. The molecule has 1 amide bonds. The molecule has 1 aliphatic heterocycles. The van der Waals surface area contributed by atoms with Crippen LogP contribution in [0.3, 0.4) is 0 Å². The Morgan fingerprint density at radius 3 is 3.04 bits per heavy atom. The Morgan fingerprint density at radius 2 is 2.30 bits per heavy atom. The molecule has 0 unspecified atom stereocenters. The maximum absolute atomic E-state index is 13.0. The predicted octanol–water partition coefficient (Wildman–Crippen LogP) is 1.78. The monoisotopic (exact) mass is 388 g/mol. The molecule has 1 spiro atoms. The van der Waals surface area contributed by atoms with Crippen LogP contribution in [0, 0.1) is 0 Å². The number of morpholine rings is 1. The second-order valence-corrected chi connectivity index (χ2v) is 6.87. The SMILES string of the molecule is COCC(=O)N[C@H]1CCCC[C@]12CN(c1nccc(C(F)(F)F)n1)CCO2. The van der Waals surface area contributed by atoms with Crippen LogP contribution in [0.15, 0.2) is 12.3 Å². The molecule has 0 bridgehead atoms. The van der Waals surface area contributed by atoms with Crippen molar-refractivity contribution in [3.05, 3.63) is 18.0 Å². The smallest absolute Gasteiger partial charge is 0.375 e. The van der Waals surface area contributed by atoms with E-state index in [0.717, 1.165) is 31.5 Å². The van der Waals surface area contributed by atoms with E-state index in [-0.39, 0.29) is 24.5 Å². The normalized spacial score (nSPS) is 26.2. The van der Waals surface area contributed by atoms with Gasteiger partial charge in [-0.3, -0.25) is 4.79 Å². The van der Waals surface area contributed by atoms with Gasteiger partial charge >= 0.3 is 6.18 Å². The number of nitrogens with one attached hydrogen (secondary N) is 1. The lowest BCUT2D eigenvalue weighted by Crippen LogP contribution is -2.64. The second-order valence-electron chi connectivity index (χ2n) is 6.87. The molecule has 7 nitrogen and oxygen atoms in total. The highest BCUT2D eigenvalue weighted by molar-refractivity contribution is 5.77. The summed E-state index contributed by atoms with van der Waals surface area (Å²) in [5.74, 6) is -0.208. The summed E-state index contributed by atoms with van der Waals surface area (Å²) >= 11 is 0. The van der Waals surface area contributed by atoms with E-state index in [9.17, 15) is 18.0 Å². The first-order valence-corrected chi connectivity index (χ1v) is 8.91. The van der Waals surface area contributed by atoms with Crippen LogP contribution in [0.4, 0.5) is 19.1 Å². The number of amides is 1. The number of hydrogen-bond donors (Lipinski definition) is 1. The van der Waals surface area contributed by atoms with Crippen LogP contribution in [0.1, 0.15) is 31.4 Å². The summed E-state index contributed by atoms with van der Waals surface area (Å²) in [6.07, 6.45) is -0.0840. The number of nitrogens with zero attached hydrogens (tertiary/aromatic N) is 3. The van der Waals surface area contributed by atoms with Gasteiger partial charge in [0.1, 0.15) is 17.9 Å². The predicted molar refractivity (Wildman–Crippen MR) is 90.2 cm³/mol. The lowest BCUT2D eigenvalue weighted by molar-refractivity contribution is -0.141. The lowest BCUT2D eigenvalue weighted by atomic mass is 9.79. The molecule has 1 saturated carbocycles. The minimum absolute atomic E-state index is 0.0278. The first-order chi connectivity index (χ1) is 12.8. The molecule has 2 aliphatic rings. The van der Waals surface area contributed by atoms with Crippen molar-refractivity contribution in [3.63, 3.8) is 0 Å². The summed E-state index contributed by atoms with van der Waals surface area (Å²) in [6, 6.07) is 0.621. The number of carbonyl (C=O) groups is 1. The average Bonchev–Trinajstić information content (AvgIpc) is 2.64. The topological polar surface area (TPSA) is 76.6 Å². The van der Waals surface area contributed by atoms with Crippen molar-refractivity contribution in [3.8, 4) is 0 Å². The number of rotatable bonds is 4. The van der Waals surface area contributed by atoms with Gasteiger partial charge in [0.25, 0.3) is 0 Å². The number of methoxy groups -OCH3 is 1. The molecule has 0 aromatic carbocycles. The highest BCUT2D eigenvalue weighted by Gasteiger charge is 2.46. The van der Waals surface area contributed by atoms with E-state index in [1.807, 2.05) is 0 Å². The average molecular weight is 388 g/mol. The molecule has 1 aromatic rings.